The van der Waals surface area contributed by atoms with Crippen LogP contribution in [0, 0.1) is 0 Å². The summed E-state index contributed by atoms with van der Waals surface area (Å²) in [5.74, 6) is -0.422. The van der Waals surface area contributed by atoms with E-state index in [1.165, 1.54) is 6.21 Å². The van der Waals surface area contributed by atoms with Gasteiger partial charge in [0.2, 0.25) is 0 Å². The number of aliphatic imine (C=N–C) groups is 1. The number of rotatable bonds is 3. The van der Waals surface area contributed by atoms with E-state index < -0.39 is 5.91 Å². The summed E-state index contributed by atoms with van der Waals surface area (Å²) in [5, 5.41) is 9.69. The number of para-hydroxylation sites is 1. The van der Waals surface area contributed by atoms with Crippen molar-refractivity contribution >= 4 is 33.7 Å². The number of aromatic hydroxyl groups is 1. The van der Waals surface area contributed by atoms with E-state index in [9.17, 15) is 9.90 Å². The summed E-state index contributed by atoms with van der Waals surface area (Å²) in [4.78, 5) is 15.4. The predicted octanol–water partition coefficient (Wildman–Crippen LogP) is 3.00. The number of primary amides is 1. The minimum Gasteiger partial charge on any atom is -0.507 e. The molecule has 0 aliphatic heterocycles. The summed E-state index contributed by atoms with van der Waals surface area (Å²) in [6.07, 6.45) is 1.49. The van der Waals surface area contributed by atoms with Gasteiger partial charge in [-0.1, -0.05) is 28.1 Å². The van der Waals surface area contributed by atoms with Gasteiger partial charge in [0, 0.05) is 16.3 Å². The third kappa shape index (κ3) is 3.20. The molecule has 2 aromatic carbocycles. The largest absolute Gasteiger partial charge is 0.507 e. The molecule has 5 heteroatoms. The van der Waals surface area contributed by atoms with Crippen LogP contribution in [0.15, 0.2) is 51.9 Å². The Kier molecular flexibility index (Phi) is 3.97. The lowest BCUT2D eigenvalue weighted by Crippen LogP contribution is -2.10. The molecule has 0 unspecified atom stereocenters. The van der Waals surface area contributed by atoms with Gasteiger partial charge in [-0.2, -0.15) is 0 Å². The van der Waals surface area contributed by atoms with Gasteiger partial charge in [-0.15, -0.1) is 0 Å². The van der Waals surface area contributed by atoms with E-state index in [-0.39, 0.29) is 5.75 Å². The predicted molar refractivity (Wildman–Crippen MR) is 78.0 cm³/mol. The van der Waals surface area contributed by atoms with Crippen molar-refractivity contribution < 1.29 is 9.90 Å². The van der Waals surface area contributed by atoms with Crippen molar-refractivity contribution in [2.75, 3.05) is 0 Å². The minimum atomic E-state index is -0.536. The molecule has 2 rings (SSSR count). The number of phenolic OH excluding ortho intramolecular Hbond substituents is 1. The Bertz CT molecular complexity index is 654. The molecule has 2 aromatic rings. The van der Waals surface area contributed by atoms with E-state index in [0.717, 1.165) is 4.47 Å². The van der Waals surface area contributed by atoms with Gasteiger partial charge in [-0.25, -0.2) is 0 Å². The molecule has 0 aromatic heterocycles. The molecule has 0 heterocycles. The zero-order chi connectivity index (χ0) is 13.8. The molecule has 0 saturated carbocycles. The first kappa shape index (κ1) is 13.3. The fourth-order valence-electron chi connectivity index (χ4n) is 1.56. The number of phenols is 1. The monoisotopic (exact) mass is 318 g/mol. The van der Waals surface area contributed by atoms with Gasteiger partial charge in [-0.3, -0.25) is 9.79 Å². The van der Waals surface area contributed by atoms with Crippen LogP contribution in [0.1, 0.15) is 15.9 Å². The van der Waals surface area contributed by atoms with E-state index in [4.69, 9.17) is 5.73 Å². The number of halogens is 1. The van der Waals surface area contributed by atoms with Crippen molar-refractivity contribution in [3.63, 3.8) is 0 Å². The average molecular weight is 319 g/mol. The summed E-state index contributed by atoms with van der Waals surface area (Å²) >= 11 is 3.31. The highest BCUT2D eigenvalue weighted by Gasteiger charge is 2.05. The van der Waals surface area contributed by atoms with Crippen molar-refractivity contribution in [2.45, 2.75) is 0 Å². The van der Waals surface area contributed by atoms with Crippen LogP contribution in [-0.2, 0) is 0 Å². The van der Waals surface area contributed by atoms with Gasteiger partial charge in [0.15, 0.2) is 0 Å². The number of benzene rings is 2. The fourth-order valence-corrected chi connectivity index (χ4v) is 1.94. The molecule has 1 amide bonds. The molecule has 0 fully saturated rings. The lowest BCUT2D eigenvalue weighted by molar-refractivity contribution is 0.100. The van der Waals surface area contributed by atoms with Gasteiger partial charge in [0.25, 0.3) is 5.91 Å². The van der Waals surface area contributed by atoms with Crippen molar-refractivity contribution in [3.05, 3.63) is 58.1 Å². The van der Waals surface area contributed by atoms with E-state index in [2.05, 4.69) is 20.9 Å². The maximum Gasteiger partial charge on any atom is 0.250 e. The topological polar surface area (TPSA) is 75.7 Å². The maximum absolute atomic E-state index is 11.2. The van der Waals surface area contributed by atoms with Gasteiger partial charge < -0.3 is 10.8 Å². The number of nitrogens with zero attached hydrogens (tertiary/aromatic N) is 1. The van der Waals surface area contributed by atoms with Crippen LogP contribution < -0.4 is 5.73 Å². The molecule has 19 heavy (non-hydrogen) atoms. The van der Waals surface area contributed by atoms with Crippen LogP contribution in [0.4, 0.5) is 5.69 Å². The Hall–Kier alpha value is -2.14. The lowest BCUT2D eigenvalue weighted by Gasteiger charge is -2.02. The first-order chi connectivity index (χ1) is 9.08. The second kappa shape index (κ2) is 5.67. The Labute approximate surface area is 118 Å². The van der Waals surface area contributed by atoms with Crippen LogP contribution in [0.25, 0.3) is 0 Å². The minimum absolute atomic E-state index is 0.114. The number of carbonyl (C=O) groups is 1. The molecule has 0 atom stereocenters. The molecule has 3 N–H and O–H groups in total. The highest BCUT2D eigenvalue weighted by Crippen LogP contribution is 2.22. The second-order valence-electron chi connectivity index (χ2n) is 3.84. The summed E-state index contributed by atoms with van der Waals surface area (Å²) in [6, 6.07) is 11.8. The van der Waals surface area contributed by atoms with Crippen molar-refractivity contribution in [1.29, 1.82) is 0 Å². The molecule has 0 spiro atoms. The Balaban J connectivity index is 2.38. The van der Waals surface area contributed by atoms with Crippen molar-refractivity contribution in [2.24, 2.45) is 10.7 Å². The van der Waals surface area contributed by atoms with Crippen molar-refractivity contribution in [3.8, 4) is 5.75 Å². The normalized spacial score (nSPS) is 10.8. The van der Waals surface area contributed by atoms with Gasteiger partial charge in [-0.05, 0) is 30.3 Å². The van der Waals surface area contributed by atoms with Crippen LogP contribution in [-0.4, -0.2) is 17.2 Å². The number of hydrogen-bond acceptors (Lipinski definition) is 3. The molecule has 0 aliphatic carbocycles. The molecule has 0 aliphatic rings. The maximum atomic E-state index is 11.2. The highest BCUT2D eigenvalue weighted by atomic mass is 79.9. The smallest absolute Gasteiger partial charge is 0.250 e. The first-order valence-electron chi connectivity index (χ1n) is 5.49. The molecular weight excluding hydrogens is 308 g/mol. The average Bonchev–Trinajstić information content (AvgIpc) is 2.40. The standard InChI is InChI=1S/C14H11BrN2O2/c15-10-5-6-13(18)9(7-10)8-17-12-4-2-1-3-11(12)14(16)19/h1-8,18H,(H2,16,19). The zero-order valence-corrected chi connectivity index (χ0v) is 11.5. The fraction of sp³-hybridized carbons (Fsp3) is 0. The van der Waals surface area contributed by atoms with Gasteiger partial charge in [0.05, 0.1) is 11.3 Å². The van der Waals surface area contributed by atoms with E-state index >= 15 is 0 Å². The van der Waals surface area contributed by atoms with Crippen LogP contribution >= 0.6 is 15.9 Å². The van der Waals surface area contributed by atoms with E-state index in [1.807, 2.05) is 0 Å². The highest BCUT2D eigenvalue weighted by molar-refractivity contribution is 9.10. The molecular formula is C14H11BrN2O2. The summed E-state index contributed by atoms with van der Waals surface area (Å²) in [7, 11) is 0. The number of nitrogens with two attached hydrogens (primary N) is 1. The number of carbonyl (C=O) groups excluding carboxylic acids is 1. The van der Waals surface area contributed by atoms with Crippen molar-refractivity contribution in [1.82, 2.24) is 0 Å². The lowest BCUT2D eigenvalue weighted by atomic mass is 10.1. The van der Waals surface area contributed by atoms with E-state index in [1.54, 1.807) is 42.5 Å². The Morgan fingerprint density at radius 2 is 2.00 bits per heavy atom. The summed E-state index contributed by atoms with van der Waals surface area (Å²) < 4.78 is 0.829. The SMILES string of the molecule is NC(=O)c1ccccc1N=Cc1cc(Br)ccc1O. The quantitative estimate of drug-likeness (QED) is 0.853. The summed E-state index contributed by atoms with van der Waals surface area (Å²) in [5.41, 5.74) is 6.63. The summed E-state index contributed by atoms with van der Waals surface area (Å²) in [6.45, 7) is 0. The first-order valence-corrected chi connectivity index (χ1v) is 6.28. The third-order valence-corrected chi connectivity index (χ3v) is 3.00. The molecule has 4 nitrogen and oxygen atoms in total. The Morgan fingerprint density at radius 3 is 2.74 bits per heavy atom. The van der Waals surface area contributed by atoms with Gasteiger partial charge in [0.1, 0.15) is 5.75 Å². The van der Waals surface area contributed by atoms with Crippen LogP contribution in [0.2, 0.25) is 0 Å². The molecule has 0 radical (unpaired) electrons. The second-order valence-corrected chi connectivity index (χ2v) is 4.76. The van der Waals surface area contributed by atoms with E-state index in [0.29, 0.717) is 16.8 Å². The molecule has 0 saturated heterocycles. The molecule has 0 bridgehead atoms. The Morgan fingerprint density at radius 1 is 1.26 bits per heavy atom. The van der Waals surface area contributed by atoms with Crippen LogP contribution in [0.5, 0.6) is 5.75 Å². The third-order valence-electron chi connectivity index (χ3n) is 2.50. The van der Waals surface area contributed by atoms with Crippen LogP contribution in [0.3, 0.4) is 0 Å². The zero-order valence-electron chi connectivity index (χ0n) is 9.88. The molecule has 96 valence electrons. The number of hydrogen-bond donors (Lipinski definition) is 2. The van der Waals surface area contributed by atoms with Gasteiger partial charge >= 0.3 is 0 Å². The number of amides is 1.